The molecule has 0 amide bonds. The van der Waals surface area contributed by atoms with E-state index in [4.69, 9.17) is 22.1 Å². The first-order valence-corrected chi connectivity index (χ1v) is 3.07. The van der Waals surface area contributed by atoms with E-state index >= 15 is 0 Å². The normalized spacial score (nSPS) is 7.83. The molecule has 4 N–H and O–H groups in total. The second-order valence-corrected chi connectivity index (χ2v) is 2.08. The monoisotopic (exact) mass is 212 g/mol. The third-order valence-corrected chi connectivity index (χ3v) is 1.36. The lowest BCUT2D eigenvalue weighted by molar-refractivity contribution is 0.415. The van der Waals surface area contributed by atoms with Gasteiger partial charge < -0.3 is 15.9 Å². The van der Waals surface area contributed by atoms with Crippen LogP contribution in [0.1, 0.15) is 0 Å². The number of aromatic nitrogens is 1. The highest BCUT2D eigenvalue weighted by Crippen LogP contribution is 2.27. The number of anilines is 1. The van der Waals surface area contributed by atoms with Gasteiger partial charge in [0.05, 0.1) is 12.8 Å². The molecule has 0 aromatic carbocycles. The van der Waals surface area contributed by atoms with Crippen molar-refractivity contribution in [3.8, 4) is 5.75 Å². The van der Waals surface area contributed by atoms with Crippen LogP contribution in [0.5, 0.6) is 5.75 Å². The molecule has 12 heavy (non-hydrogen) atoms. The second kappa shape index (κ2) is 5.88. The molecule has 1 rings (SSSR count). The Labute approximate surface area is 81.4 Å². The number of pyridine rings is 1. The first kappa shape index (κ1) is 13.9. The predicted octanol–water partition coefficient (Wildman–Crippen LogP) is 0.923. The van der Waals surface area contributed by atoms with Gasteiger partial charge in [0.2, 0.25) is 0 Å². The molecule has 1 aromatic heterocycles. The molecule has 0 saturated heterocycles. The number of rotatable bonds is 1. The van der Waals surface area contributed by atoms with Crippen molar-refractivity contribution in [1.29, 1.82) is 0 Å². The molecule has 0 radical (unpaired) electrons. The van der Waals surface area contributed by atoms with Crippen LogP contribution < -0.4 is 10.5 Å². The summed E-state index contributed by atoms with van der Waals surface area (Å²) in [6.45, 7) is 0. The largest absolute Gasteiger partial charge is 0.491 e. The van der Waals surface area contributed by atoms with Crippen LogP contribution in [0.15, 0.2) is 12.3 Å². The number of nitrogens with two attached hydrogens (primary N) is 1. The van der Waals surface area contributed by atoms with Gasteiger partial charge in [-0.25, -0.2) is 4.98 Å². The minimum absolute atomic E-state index is 0. The van der Waals surface area contributed by atoms with E-state index in [9.17, 15) is 0 Å². The SMILES string of the molecule is COc1c(N)ccnc1Cl.Cl.O. The maximum Gasteiger partial charge on any atom is 0.179 e. The Bertz CT molecular complexity index is 225. The molecule has 1 heterocycles. The van der Waals surface area contributed by atoms with Gasteiger partial charge in [0, 0.05) is 6.20 Å². The fourth-order valence-electron chi connectivity index (χ4n) is 0.638. The van der Waals surface area contributed by atoms with Crippen molar-refractivity contribution in [2.75, 3.05) is 12.8 Å². The van der Waals surface area contributed by atoms with Crippen molar-refractivity contribution in [2.45, 2.75) is 0 Å². The van der Waals surface area contributed by atoms with Crippen LogP contribution in [-0.4, -0.2) is 17.6 Å². The van der Waals surface area contributed by atoms with Gasteiger partial charge in [0.25, 0.3) is 0 Å². The Kier molecular flexibility index (Phi) is 6.79. The summed E-state index contributed by atoms with van der Waals surface area (Å²) in [6, 6.07) is 1.63. The first-order chi connectivity index (χ1) is 4.75. The first-order valence-electron chi connectivity index (χ1n) is 2.69. The van der Waals surface area contributed by atoms with Crippen molar-refractivity contribution in [1.82, 2.24) is 4.98 Å². The number of nitrogens with zero attached hydrogens (tertiary/aromatic N) is 1. The van der Waals surface area contributed by atoms with Crippen LogP contribution in [0.25, 0.3) is 0 Å². The minimum atomic E-state index is 0. The molecule has 0 aliphatic carbocycles. The molecule has 0 fully saturated rings. The highest BCUT2D eigenvalue weighted by atomic mass is 35.5. The maximum absolute atomic E-state index is 5.61. The zero-order chi connectivity index (χ0) is 7.56. The molecule has 0 saturated carbocycles. The highest BCUT2D eigenvalue weighted by Gasteiger charge is 2.03. The van der Waals surface area contributed by atoms with E-state index < -0.39 is 0 Å². The lowest BCUT2D eigenvalue weighted by Crippen LogP contribution is -1.93. The van der Waals surface area contributed by atoms with Crippen LogP contribution in [0.4, 0.5) is 5.69 Å². The van der Waals surface area contributed by atoms with Crippen LogP contribution in [0, 0.1) is 0 Å². The third-order valence-electron chi connectivity index (χ3n) is 1.10. The van der Waals surface area contributed by atoms with Crippen LogP contribution in [0.2, 0.25) is 5.15 Å². The van der Waals surface area contributed by atoms with Crippen molar-refractivity contribution in [3.63, 3.8) is 0 Å². The Morgan fingerprint density at radius 1 is 1.58 bits per heavy atom. The van der Waals surface area contributed by atoms with E-state index in [0.29, 0.717) is 16.6 Å². The van der Waals surface area contributed by atoms with Crippen molar-refractivity contribution in [3.05, 3.63) is 17.4 Å². The number of nitrogen functional groups attached to an aromatic ring is 1. The maximum atomic E-state index is 5.61. The fraction of sp³-hybridized carbons (Fsp3) is 0.167. The summed E-state index contributed by atoms with van der Waals surface area (Å²) in [5.74, 6) is 0.434. The number of halogens is 2. The van der Waals surface area contributed by atoms with Gasteiger partial charge in [-0.05, 0) is 6.07 Å². The van der Waals surface area contributed by atoms with E-state index in [-0.39, 0.29) is 17.9 Å². The average molecular weight is 213 g/mol. The molecule has 0 aliphatic heterocycles. The van der Waals surface area contributed by atoms with E-state index in [1.807, 2.05) is 0 Å². The molecule has 0 aliphatic rings. The lowest BCUT2D eigenvalue weighted by Gasteiger charge is -2.03. The average Bonchev–Trinajstić information content (AvgIpc) is 1.88. The predicted molar refractivity (Wildman–Crippen MR) is 51.1 cm³/mol. The van der Waals surface area contributed by atoms with Crippen molar-refractivity contribution in [2.24, 2.45) is 0 Å². The molecular formula is C6H10Cl2N2O2. The quantitative estimate of drug-likeness (QED) is 0.704. The fourth-order valence-corrected chi connectivity index (χ4v) is 0.881. The molecule has 70 valence electrons. The zero-order valence-electron chi connectivity index (χ0n) is 6.37. The smallest absolute Gasteiger partial charge is 0.179 e. The summed E-state index contributed by atoms with van der Waals surface area (Å²) < 4.78 is 4.86. The Hall–Kier alpha value is -0.710. The van der Waals surface area contributed by atoms with E-state index in [0.717, 1.165) is 0 Å². The van der Waals surface area contributed by atoms with Gasteiger partial charge in [0.15, 0.2) is 10.9 Å². The number of methoxy groups -OCH3 is 1. The second-order valence-electron chi connectivity index (χ2n) is 1.72. The van der Waals surface area contributed by atoms with Gasteiger partial charge >= 0.3 is 0 Å². The number of ether oxygens (including phenoxy) is 1. The third kappa shape index (κ3) is 2.73. The topological polar surface area (TPSA) is 79.6 Å². The van der Waals surface area contributed by atoms with Gasteiger partial charge in [0.1, 0.15) is 0 Å². The summed E-state index contributed by atoms with van der Waals surface area (Å²) in [5.41, 5.74) is 5.98. The molecule has 1 aromatic rings. The zero-order valence-corrected chi connectivity index (χ0v) is 7.95. The number of hydrogen-bond donors (Lipinski definition) is 1. The van der Waals surface area contributed by atoms with E-state index in [1.165, 1.54) is 13.3 Å². The summed E-state index contributed by atoms with van der Waals surface area (Å²) >= 11 is 5.61. The molecule has 0 spiro atoms. The molecule has 4 nitrogen and oxygen atoms in total. The molecule has 0 bridgehead atoms. The lowest BCUT2D eigenvalue weighted by atomic mass is 10.4. The minimum Gasteiger partial charge on any atom is -0.491 e. The van der Waals surface area contributed by atoms with Gasteiger partial charge in [-0.2, -0.15) is 0 Å². The van der Waals surface area contributed by atoms with Gasteiger partial charge in [-0.3, -0.25) is 0 Å². The molecule has 0 atom stereocenters. The Morgan fingerprint density at radius 2 is 2.17 bits per heavy atom. The summed E-state index contributed by atoms with van der Waals surface area (Å²) in [5, 5.41) is 0.294. The van der Waals surface area contributed by atoms with E-state index in [1.54, 1.807) is 6.07 Å². The molecule has 6 heteroatoms. The standard InChI is InChI=1S/C6H7ClN2O.ClH.H2O/c1-10-5-4(8)2-3-9-6(5)7;;/h2-3H,1H3,(H2,8,9);1H;1H2. The molecular weight excluding hydrogens is 203 g/mol. The van der Waals surface area contributed by atoms with Crippen molar-refractivity contribution >= 4 is 29.7 Å². The van der Waals surface area contributed by atoms with E-state index in [2.05, 4.69) is 4.98 Å². The van der Waals surface area contributed by atoms with Crippen LogP contribution in [0.3, 0.4) is 0 Å². The number of hydrogen-bond acceptors (Lipinski definition) is 3. The van der Waals surface area contributed by atoms with Crippen LogP contribution in [-0.2, 0) is 0 Å². The van der Waals surface area contributed by atoms with Gasteiger partial charge in [-0.15, -0.1) is 12.4 Å². The van der Waals surface area contributed by atoms with Crippen LogP contribution >= 0.6 is 24.0 Å². The van der Waals surface area contributed by atoms with Crippen molar-refractivity contribution < 1.29 is 10.2 Å². The Balaban J connectivity index is 0. The van der Waals surface area contributed by atoms with Gasteiger partial charge in [-0.1, -0.05) is 11.6 Å². The highest BCUT2D eigenvalue weighted by molar-refractivity contribution is 6.31. The summed E-state index contributed by atoms with van der Waals surface area (Å²) in [7, 11) is 1.50. The summed E-state index contributed by atoms with van der Waals surface area (Å²) in [4.78, 5) is 3.77. The Morgan fingerprint density at radius 3 is 2.50 bits per heavy atom. The molecule has 0 unspecified atom stereocenters. The summed E-state index contributed by atoms with van der Waals surface area (Å²) in [6.07, 6.45) is 1.53.